The second-order valence-electron chi connectivity index (χ2n) is 6.27. The van der Waals surface area contributed by atoms with Gasteiger partial charge in [-0.2, -0.15) is 0 Å². The molecule has 3 aromatic carbocycles. The van der Waals surface area contributed by atoms with E-state index >= 15 is 0 Å². The van der Waals surface area contributed by atoms with Crippen LogP contribution in [-0.2, 0) is 4.74 Å². The Morgan fingerprint density at radius 1 is 0.821 bits per heavy atom. The van der Waals surface area contributed by atoms with E-state index in [-0.39, 0.29) is 0 Å². The minimum atomic E-state index is -0.423. The van der Waals surface area contributed by atoms with Crippen LogP contribution in [0, 0.1) is 0 Å². The van der Waals surface area contributed by atoms with Crippen LogP contribution in [0.15, 0.2) is 89.3 Å². The van der Waals surface area contributed by atoms with Crippen molar-refractivity contribution in [3.05, 3.63) is 95.5 Å². The number of furan rings is 1. The first kappa shape index (κ1) is 18.1. The largest absolute Gasteiger partial charge is 0.465 e. The van der Waals surface area contributed by atoms with E-state index in [9.17, 15) is 4.79 Å². The quantitative estimate of drug-likeness (QED) is 0.364. The molecule has 138 valence electrons. The number of benzene rings is 3. The highest BCUT2D eigenvalue weighted by molar-refractivity contribution is 6.31. The number of halogens is 1. The Morgan fingerprint density at radius 3 is 2.11 bits per heavy atom. The Labute approximate surface area is 168 Å². The third-order valence-corrected chi connectivity index (χ3v) is 4.74. The second kappa shape index (κ2) is 7.75. The summed E-state index contributed by atoms with van der Waals surface area (Å²) in [4.78, 5) is 12.3. The molecule has 0 amide bonds. The van der Waals surface area contributed by atoms with Gasteiger partial charge in [0.1, 0.15) is 11.5 Å². The third kappa shape index (κ3) is 3.45. The maximum Gasteiger partial charge on any atom is 0.338 e. The Bertz CT molecular complexity index is 1120. The lowest BCUT2D eigenvalue weighted by atomic mass is 9.97. The first-order chi connectivity index (χ1) is 13.7. The monoisotopic (exact) mass is 388 g/mol. The van der Waals surface area contributed by atoms with Crippen LogP contribution in [0.4, 0.5) is 0 Å². The van der Waals surface area contributed by atoms with Crippen molar-refractivity contribution in [2.75, 3.05) is 7.11 Å². The summed E-state index contributed by atoms with van der Waals surface area (Å²) < 4.78 is 11.2. The van der Waals surface area contributed by atoms with Gasteiger partial charge in [0.2, 0.25) is 0 Å². The molecule has 4 rings (SSSR count). The van der Waals surface area contributed by atoms with Crippen molar-refractivity contribution in [1.29, 1.82) is 0 Å². The summed E-state index contributed by atoms with van der Waals surface area (Å²) in [7, 11) is 1.36. The molecule has 1 heterocycles. The highest BCUT2D eigenvalue weighted by Gasteiger charge is 2.21. The van der Waals surface area contributed by atoms with Crippen molar-refractivity contribution >= 4 is 17.6 Å². The molecule has 0 saturated carbocycles. The van der Waals surface area contributed by atoms with Gasteiger partial charge >= 0.3 is 5.97 Å². The average Bonchev–Trinajstić information content (AvgIpc) is 3.20. The molecule has 0 aliphatic carbocycles. The van der Waals surface area contributed by atoms with Gasteiger partial charge < -0.3 is 9.15 Å². The third-order valence-electron chi connectivity index (χ3n) is 4.50. The summed E-state index contributed by atoms with van der Waals surface area (Å²) in [6, 6.07) is 26.7. The van der Waals surface area contributed by atoms with Gasteiger partial charge in [-0.25, -0.2) is 4.79 Å². The molecule has 0 atom stereocenters. The van der Waals surface area contributed by atoms with E-state index in [1.807, 2.05) is 66.7 Å². The zero-order valence-electron chi connectivity index (χ0n) is 15.2. The molecule has 0 unspecified atom stereocenters. The van der Waals surface area contributed by atoms with Crippen LogP contribution in [0.1, 0.15) is 10.4 Å². The summed E-state index contributed by atoms with van der Waals surface area (Å²) in [6.45, 7) is 0. The fourth-order valence-electron chi connectivity index (χ4n) is 3.17. The predicted octanol–water partition coefficient (Wildman–Crippen LogP) is 6.72. The highest BCUT2D eigenvalue weighted by atomic mass is 35.5. The van der Waals surface area contributed by atoms with E-state index in [2.05, 4.69) is 0 Å². The summed E-state index contributed by atoms with van der Waals surface area (Å²) in [5, 5.41) is 0.532. The number of hydrogen-bond donors (Lipinski definition) is 0. The van der Waals surface area contributed by atoms with Crippen molar-refractivity contribution in [3.8, 4) is 33.8 Å². The lowest BCUT2D eigenvalue weighted by Crippen LogP contribution is -2.03. The molecule has 0 N–H and O–H groups in total. The molecule has 28 heavy (non-hydrogen) atoms. The van der Waals surface area contributed by atoms with Crippen LogP contribution >= 0.6 is 11.6 Å². The van der Waals surface area contributed by atoms with E-state index in [0.29, 0.717) is 27.7 Å². The van der Waals surface area contributed by atoms with Crippen molar-refractivity contribution in [1.82, 2.24) is 0 Å². The minimum absolute atomic E-state index is 0.423. The molecule has 0 radical (unpaired) electrons. The fraction of sp³-hybridized carbons (Fsp3) is 0.0417. The molecule has 0 aliphatic heterocycles. The average molecular weight is 389 g/mol. The van der Waals surface area contributed by atoms with Crippen LogP contribution in [0.25, 0.3) is 33.8 Å². The molecule has 4 aromatic rings. The summed E-state index contributed by atoms with van der Waals surface area (Å²) in [5.41, 5.74) is 3.75. The Hall–Kier alpha value is -3.30. The zero-order valence-corrected chi connectivity index (χ0v) is 15.9. The first-order valence-corrected chi connectivity index (χ1v) is 9.18. The van der Waals surface area contributed by atoms with E-state index in [4.69, 9.17) is 20.8 Å². The zero-order chi connectivity index (χ0) is 19.5. The summed E-state index contributed by atoms with van der Waals surface area (Å²) in [5.74, 6) is 0.963. The van der Waals surface area contributed by atoms with Crippen LogP contribution < -0.4 is 0 Å². The van der Waals surface area contributed by atoms with Gasteiger partial charge in [0, 0.05) is 27.3 Å². The lowest BCUT2D eigenvalue weighted by Gasteiger charge is -2.09. The lowest BCUT2D eigenvalue weighted by molar-refractivity contribution is 0.0601. The van der Waals surface area contributed by atoms with Crippen LogP contribution in [-0.4, -0.2) is 13.1 Å². The van der Waals surface area contributed by atoms with E-state index in [1.54, 1.807) is 18.2 Å². The SMILES string of the molecule is COC(=O)c1ccc(Cl)cc1-c1cc(-c2ccccc2)oc1-c1ccccc1. The predicted molar refractivity (Wildman–Crippen MR) is 111 cm³/mol. The number of carbonyl (C=O) groups is 1. The highest BCUT2D eigenvalue weighted by Crippen LogP contribution is 2.41. The Balaban J connectivity index is 1.98. The van der Waals surface area contributed by atoms with Crippen molar-refractivity contribution in [3.63, 3.8) is 0 Å². The van der Waals surface area contributed by atoms with Crippen LogP contribution in [0.3, 0.4) is 0 Å². The van der Waals surface area contributed by atoms with Crippen molar-refractivity contribution in [2.45, 2.75) is 0 Å². The van der Waals surface area contributed by atoms with E-state index in [0.717, 1.165) is 16.7 Å². The molecule has 3 nitrogen and oxygen atoms in total. The maximum atomic E-state index is 12.3. The summed E-state index contributed by atoms with van der Waals surface area (Å²) in [6.07, 6.45) is 0. The number of methoxy groups -OCH3 is 1. The molecule has 1 aromatic heterocycles. The van der Waals surface area contributed by atoms with Crippen LogP contribution in [0.2, 0.25) is 5.02 Å². The van der Waals surface area contributed by atoms with Gasteiger partial charge in [-0.05, 0) is 24.3 Å². The molecule has 0 saturated heterocycles. The fourth-order valence-corrected chi connectivity index (χ4v) is 3.34. The molecule has 0 aliphatic rings. The molecule has 0 bridgehead atoms. The molecular formula is C24H17ClO3. The number of ether oxygens (including phenoxy) is 1. The number of rotatable bonds is 4. The smallest absolute Gasteiger partial charge is 0.338 e. The number of carbonyl (C=O) groups excluding carboxylic acids is 1. The van der Waals surface area contributed by atoms with Crippen molar-refractivity contribution in [2.24, 2.45) is 0 Å². The van der Waals surface area contributed by atoms with E-state index in [1.165, 1.54) is 7.11 Å². The van der Waals surface area contributed by atoms with Gasteiger partial charge in [0.05, 0.1) is 12.7 Å². The molecular weight excluding hydrogens is 372 g/mol. The van der Waals surface area contributed by atoms with Gasteiger partial charge in [-0.3, -0.25) is 0 Å². The molecule has 0 fully saturated rings. The Morgan fingerprint density at radius 2 is 1.46 bits per heavy atom. The molecule has 0 spiro atoms. The van der Waals surface area contributed by atoms with Gasteiger partial charge in [-0.1, -0.05) is 72.3 Å². The summed E-state index contributed by atoms with van der Waals surface area (Å²) >= 11 is 6.25. The maximum absolute atomic E-state index is 12.3. The van der Waals surface area contributed by atoms with Gasteiger partial charge in [0.15, 0.2) is 0 Å². The normalized spacial score (nSPS) is 10.6. The van der Waals surface area contributed by atoms with Crippen LogP contribution in [0.5, 0.6) is 0 Å². The van der Waals surface area contributed by atoms with Gasteiger partial charge in [-0.15, -0.1) is 0 Å². The number of esters is 1. The van der Waals surface area contributed by atoms with Crippen molar-refractivity contribution < 1.29 is 13.9 Å². The first-order valence-electron chi connectivity index (χ1n) is 8.80. The minimum Gasteiger partial charge on any atom is -0.465 e. The second-order valence-corrected chi connectivity index (χ2v) is 6.70. The Kier molecular flexibility index (Phi) is 5.00. The standard InChI is InChI=1S/C24H17ClO3/c1-27-24(26)19-13-12-18(25)14-20(19)21-15-22(16-8-4-2-5-9-16)28-23(21)17-10-6-3-7-11-17/h2-15H,1H3. The molecule has 4 heteroatoms. The van der Waals surface area contributed by atoms with E-state index < -0.39 is 5.97 Å². The topological polar surface area (TPSA) is 39.4 Å². The van der Waals surface area contributed by atoms with Gasteiger partial charge in [0.25, 0.3) is 0 Å². The number of hydrogen-bond acceptors (Lipinski definition) is 3.